The summed E-state index contributed by atoms with van der Waals surface area (Å²) in [6.07, 6.45) is 23.5. The van der Waals surface area contributed by atoms with Gasteiger partial charge in [-0.1, -0.05) is 111 Å². The first-order valence-corrected chi connectivity index (χ1v) is 13.1. The zero-order chi connectivity index (χ0) is 21.6. The Morgan fingerprint density at radius 2 is 1.03 bits per heavy atom. The summed E-state index contributed by atoms with van der Waals surface area (Å²) in [4.78, 5) is 13.5. The van der Waals surface area contributed by atoms with Crippen molar-refractivity contribution < 1.29 is 61.3 Å². The van der Waals surface area contributed by atoms with Crippen LogP contribution in [0.3, 0.4) is 0 Å². The minimum absolute atomic E-state index is 0. The van der Waals surface area contributed by atoms with Gasteiger partial charge >= 0.3 is 51.4 Å². The van der Waals surface area contributed by atoms with E-state index in [1.807, 2.05) is 0 Å². The standard InChI is InChI=1S/C26H53NO2.K/c1-4-7-9-11-13-15-17-19-23-27(25(6-3)21-22-26(28)29)24-20-18-16-14-12-10-8-5-2;/h25H,4-24H2,1-3H3,(H,28,29);/q;+1/p-1. The predicted octanol–water partition coefficient (Wildman–Crippen LogP) is 3.88. The minimum atomic E-state index is -0.900. The number of nitrogens with zero attached hydrogens (tertiary/aromatic N) is 1. The quantitative estimate of drug-likeness (QED) is 0.176. The van der Waals surface area contributed by atoms with Crippen LogP contribution in [0.1, 0.15) is 143 Å². The van der Waals surface area contributed by atoms with E-state index in [1.165, 1.54) is 103 Å². The van der Waals surface area contributed by atoms with E-state index in [-0.39, 0.29) is 57.8 Å². The van der Waals surface area contributed by atoms with Gasteiger partial charge in [-0.15, -0.1) is 0 Å². The van der Waals surface area contributed by atoms with Gasteiger partial charge in [-0.25, -0.2) is 0 Å². The molecule has 0 aliphatic heterocycles. The van der Waals surface area contributed by atoms with Gasteiger partial charge in [-0.05, 0) is 45.2 Å². The Labute approximate surface area is 232 Å². The zero-order valence-electron chi connectivity index (χ0n) is 21.2. The molecule has 0 bridgehead atoms. The predicted molar refractivity (Wildman–Crippen MR) is 125 cm³/mol. The molecule has 4 heteroatoms. The molecule has 0 radical (unpaired) electrons. The van der Waals surface area contributed by atoms with Gasteiger partial charge in [0.2, 0.25) is 0 Å². The number of carbonyl (C=O) groups excluding carboxylic acids is 1. The average Bonchev–Trinajstić information content (AvgIpc) is 2.71. The Kier molecular flexibility index (Phi) is 29.2. The van der Waals surface area contributed by atoms with Crippen molar-refractivity contribution in [2.45, 2.75) is 149 Å². The largest absolute Gasteiger partial charge is 1.00 e. The smallest absolute Gasteiger partial charge is 0.550 e. The fourth-order valence-corrected chi connectivity index (χ4v) is 4.30. The van der Waals surface area contributed by atoms with E-state index < -0.39 is 5.97 Å². The van der Waals surface area contributed by atoms with E-state index in [4.69, 9.17) is 0 Å². The second-order valence-corrected chi connectivity index (χ2v) is 8.96. The second-order valence-electron chi connectivity index (χ2n) is 8.96. The number of carboxylic acids is 1. The molecule has 0 aliphatic rings. The Morgan fingerprint density at radius 1 is 0.667 bits per heavy atom. The van der Waals surface area contributed by atoms with Crippen LogP contribution in [0.5, 0.6) is 0 Å². The molecule has 0 spiro atoms. The SMILES string of the molecule is CCCCCCCCCCN(CCCCCCCCCC)C(CC)CCC(=O)[O-].[K+]. The second kappa shape index (κ2) is 26.3. The van der Waals surface area contributed by atoms with Crippen molar-refractivity contribution in [3.05, 3.63) is 0 Å². The normalized spacial score (nSPS) is 12.1. The first kappa shape index (κ1) is 33.2. The third-order valence-electron chi connectivity index (χ3n) is 6.27. The summed E-state index contributed by atoms with van der Waals surface area (Å²) in [6.45, 7) is 9.01. The van der Waals surface area contributed by atoms with Gasteiger partial charge in [0, 0.05) is 12.0 Å². The third kappa shape index (κ3) is 22.3. The van der Waals surface area contributed by atoms with Gasteiger partial charge in [0.25, 0.3) is 0 Å². The van der Waals surface area contributed by atoms with Gasteiger partial charge in [0.1, 0.15) is 0 Å². The molecule has 1 unspecified atom stereocenters. The molecule has 0 saturated heterocycles. The number of hydrogen-bond donors (Lipinski definition) is 0. The Morgan fingerprint density at radius 3 is 1.37 bits per heavy atom. The van der Waals surface area contributed by atoms with Crippen molar-refractivity contribution in [3.63, 3.8) is 0 Å². The summed E-state index contributed by atoms with van der Waals surface area (Å²) in [5.41, 5.74) is 0. The van der Waals surface area contributed by atoms with Crippen LogP contribution >= 0.6 is 0 Å². The Balaban J connectivity index is 0. The maximum atomic E-state index is 10.9. The zero-order valence-corrected chi connectivity index (χ0v) is 24.3. The third-order valence-corrected chi connectivity index (χ3v) is 6.27. The molecule has 0 rings (SSSR count). The van der Waals surface area contributed by atoms with Crippen LogP contribution in [-0.2, 0) is 4.79 Å². The number of aliphatic carboxylic acids is 1. The van der Waals surface area contributed by atoms with Gasteiger partial charge in [0.15, 0.2) is 0 Å². The van der Waals surface area contributed by atoms with Crippen molar-refractivity contribution in [2.24, 2.45) is 0 Å². The van der Waals surface area contributed by atoms with Crippen molar-refractivity contribution in [1.82, 2.24) is 4.90 Å². The summed E-state index contributed by atoms with van der Waals surface area (Å²) < 4.78 is 0. The molecule has 0 aromatic carbocycles. The van der Waals surface area contributed by atoms with Crippen LogP contribution in [0.2, 0.25) is 0 Å². The Hall–Kier alpha value is 1.07. The first-order chi connectivity index (χ1) is 14.2. The molecule has 174 valence electrons. The first-order valence-electron chi connectivity index (χ1n) is 13.1. The minimum Gasteiger partial charge on any atom is -0.550 e. The fourth-order valence-electron chi connectivity index (χ4n) is 4.30. The molecule has 3 nitrogen and oxygen atoms in total. The maximum Gasteiger partial charge on any atom is 1.00 e. The van der Waals surface area contributed by atoms with Crippen LogP contribution in [0.4, 0.5) is 0 Å². The van der Waals surface area contributed by atoms with Crippen molar-refractivity contribution >= 4 is 5.97 Å². The van der Waals surface area contributed by atoms with Crippen LogP contribution in [0, 0.1) is 0 Å². The van der Waals surface area contributed by atoms with Crippen LogP contribution in [0.15, 0.2) is 0 Å². The molecule has 1 atom stereocenters. The van der Waals surface area contributed by atoms with Crippen molar-refractivity contribution in [2.75, 3.05) is 13.1 Å². The van der Waals surface area contributed by atoms with E-state index >= 15 is 0 Å². The molecule has 0 fully saturated rings. The van der Waals surface area contributed by atoms with E-state index in [1.54, 1.807) is 0 Å². The number of carboxylic acid groups (broad SMARTS) is 1. The molecule has 0 aromatic heterocycles. The van der Waals surface area contributed by atoms with E-state index in [0.29, 0.717) is 6.04 Å². The van der Waals surface area contributed by atoms with Gasteiger partial charge < -0.3 is 14.8 Å². The molecule has 30 heavy (non-hydrogen) atoms. The molecule has 0 saturated carbocycles. The van der Waals surface area contributed by atoms with Gasteiger partial charge in [-0.3, -0.25) is 0 Å². The van der Waals surface area contributed by atoms with E-state index in [9.17, 15) is 9.90 Å². The molecular weight excluding hydrogens is 397 g/mol. The molecular formula is C26H52KNO2. The Bertz CT molecular complexity index is 332. The maximum absolute atomic E-state index is 10.9. The molecule has 0 aliphatic carbocycles. The topological polar surface area (TPSA) is 43.4 Å². The molecule has 0 amide bonds. The fraction of sp³-hybridized carbons (Fsp3) is 0.962. The molecule has 0 N–H and O–H groups in total. The van der Waals surface area contributed by atoms with Crippen LogP contribution in [0.25, 0.3) is 0 Å². The van der Waals surface area contributed by atoms with Crippen molar-refractivity contribution in [1.29, 1.82) is 0 Å². The van der Waals surface area contributed by atoms with Crippen LogP contribution in [-0.4, -0.2) is 30.0 Å². The summed E-state index contributed by atoms with van der Waals surface area (Å²) in [5, 5.41) is 10.9. The summed E-state index contributed by atoms with van der Waals surface area (Å²) in [7, 11) is 0. The van der Waals surface area contributed by atoms with E-state index in [2.05, 4.69) is 25.7 Å². The molecule has 0 heterocycles. The number of carbonyl (C=O) groups is 1. The number of unbranched alkanes of at least 4 members (excludes halogenated alkanes) is 14. The molecule has 0 aromatic rings. The van der Waals surface area contributed by atoms with E-state index in [0.717, 1.165) is 25.9 Å². The summed E-state index contributed by atoms with van der Waals surface area (Å²) >= 11 is 0. The summed E-state index contributed by atoms with van der Waals surface area (Å²) in [6, 6.07) is 0.405. The van der Waals surface area contributed by atoms with Crippen molar-refractivity contribution in [3.8, 4) is 0 Å². The average molecular weight is 450 g/mol. The summed E-state index contributed by atoms with van der Waals surface area (Å²) in [5.74, 6) is -0.900. The number of rotatable bonds is 23. The van der Waals surface area contributed by atoms with Gasteiger partial charge in [-0.2, -0.15) is 0 Å². The monoisotopic (exact) mass is 449 g/mol. The van der Waals surface area contributed by atoms with Crippen LogP contribution < -0.4 is 56.5 Å². The number of hydrogen-bond acceptors (Lipinski definition) is 3. The van der Waals surface area contributed by atoms with Gasteiger partial charge in [0.05, 0.1) is 0 Å².